The highest BCUT2D eigenvalue weighted by atomic mass is 32.2. The van der Waals surface area contributed by atoms with Gasteiger partial charge in [0.25, 0.3) is 10.1 Å². The van der Waals surface area contributed by atoms with Crippen LogP contribution in [0.1, 0.15) is 20.3 Å². The summed E-state index contributed by atoms with van der Waals surface area (Å²) < 4.78 is 30.3. The molecule has 1 aliphatic rings. The van der Waals surface area contributed by atoms with E-state index in [9.17, 15) is 8.42 Å². The van der Waals surface area contributed by atoms with Crippen molar-refractivity contribution in [2.75, 3.05) is 12.3 Å². The Morgan fingerprint density at radius 2 is 2.22 bits per heavy atom. The van der Waals surface area contributed by atoms with Crippen LogP contribution in [-0.4, -0.2) is 25.3 Å². The Morgan fingerprint density at radius 3 is 2.83 bits per heavy atom. The van der Waals surface area contributed by atoms with Crippen LogP contribution >= 0.6 is 11.8 Å². The Bertz CT molecular complexity index is 657. The number of quaternary nitrogens is 1. The Balaban J connectivity index is 2.82. The Hall–Kier alpha value is -1.28. The van der Waals surface area contributed by atoms with Crippen molar-refractivity contribution in [3.8, 4) is 0 Å². The van der Waals surface area contributed by atoms with Crippen LogP contribution in [0.4, 0.5) is 0 Å². The van der Waals surface area contributed by atoms with Gasteiger partial charge in [0.05, 0.1) is 17.2 Å². The number of nitrogens with two attached hydrogens (primary N) is 2. The molecule has 0 spiro atoms. The molecule has 0 heterocycles. The maximum absolute atomic E-state index is 10.8. The average Bonchev–Trinajstić information content (AvgIpc) is 2.52. The molecule has 7 heteroatoms. The predicted octanol–water partition coefficient (Wildman–Crippen LogP) is 1.91. The first-order valence-electron chi connectivity index (χ1n) is 7.29. The predicted molar refractivity (Wildman–Crippen MR) is 97.0 cm³/mol. The van der Waals surface area contributed by atoms with E-state index in [-0.39, 0.29) is 11.2 Å². The molecule has 0 aliphatic heterocycles. The monoisotopic (exact) mass is 357 g/mol. The van der Waals surface area contributed by atoms with Gasteiger partial charge in [0.2, 0.25) is 0 Å². The van der Waals surface area contributed by atoms with Gasteiger partial charge >= 0.3 is 0 Å². The molecule has 128 valence electrons. The van der Waals surface area contributed by atoms with Gasteiger partial charge in [0, 0.05) is 16.7 Å². The minimum Gasteiger partial charge on any atom is -0.405 e. The van der Waals surface area contributed by atoms with Crippen molar-refractivity contribution >= 4 is 21.9 Å². The van der Waals surface area contributed by atoms with Gasteiger partial charge in [-0.25, -0.2) is 0 Å². The van der Waals surface area contributed by atoms with Gasteiger partial charge in [-0.2, -0.15) is 8.42 Å². The van der Waals surface area contributed by atoms with Crippen LogP contribution in [0.5, 0.6) is 0 Å². The summed E-state index contributed by atoms with van der Waals surface area (Å²) in [6.07, 6.45) is 11.8. The highest BCUT2D eigenvalue weighted by Crippen LogP contribution is 2.34. The van der Waals surface area contributed by atoms with E-state index in [1.54, 1.807) is 6.08 Å². The van der Waals surface area contributed by atoms with Crippen LogP contribution in [0.15, 0.2) is 58.7 Å². The zero-order chi connectivity index (χ0) is 17.5. The quantitative estimate of drug-likeness (QED) is 0.350. The zero-order valence-electron chi connectivity index (χ0n) is 13.5. The first kappa shape index (κ1) is 19.8. The lowest BCUT2D eigenvalue weighted by Gasteiger charge is -2.16. The third kappa shape index (κ3) is 8.22. The highest BCUT2D eigenvalue weighted by molar-refractivity contribution is 8.07. The van der Waals surface area contributed by atoms with Crippen molar-refractivity contribution in [1.29, 1.82) is 0 Å². The molecule has 0 saturated heterocycles. The summed E-state index contributed by atoms with van der Waals surface area (Å²) >= 11 is 1.53. The van der Waals surface area contributed by atoms with E-state index >= 15 is 0 Å². The number of thioether (sulfide) groups is 1. The molecule has 1 aliphatic carbocycles. The molecule has 0 bridgehead atoms. The van der Waals surface area contributed by atoms with Crippen LogP contribution in [-0.2, 0) is 10.1 Å². The molecule has 0 saturated carbocycles. The van der Waals surface area contributed by atoms with Crippen molar-refractivity contribution in [2.24, 2.45) is 11.1 Å². The van der Waals surface area contributed by atoms with Crippen molar-refractivity contribution in [1.82, 2.24) is 0 Å². The molecule has 1 rings (SSSR count). The lowest BCUT2D eigenvalue weighted by atomic mass is 9.93. The van der Waals surface area contributed by atoms with Crippen LogP contribution in [0.2, 0.25) is 0 Å². The first-order valence-corrected chi connectivity index (χ1v) is 9.72. The van der Waals surface area contributed by atoms with Gasteiger partial charge in [0.15, 0.2) is 0 Å². The average molecular weight is 358 g/mol. The van der Waals surface area contributed by atoms with Crippen LogP contribution in [0, 0.1) is 5.41 Å². The summed E-state index contributed by atoms with van der Waals surface area (Å²) in [6, 6.07) is 0. The number of hydrogen-bond donors (Lipinski definition) is 3. The lowest BCUT2D eigenvalue weighted by molar-refractivity contribution is -0.602. The van der Waals surface area contributed by atoms with Gasteiger partial charge in [-0.3, -0.25) is 4.55 Å². The van der Waals surface area contributed by atoms with Gasteiger partial charge in [-0.05, 0) is 18.4 Å². The summed E-state index contributed by atoms with van der Waals surface area (Å²) in [5, 5.41) is 1.98. The molecule has 0 aromatic heterocycles. The van der Waals surface area contributed by atoms with Gasteiger partial charge < -0.3 is 11.1 Å². The normalized spacial score (nSPS) is 17.7. The Labute approximate surface area is 142 Å². The van der Waals surface area contributed by atoms with E-state index in [0.29, 0.717) is 13.0 Å². The summed E-state index contributed by atoms with van der Waals surface area (Å²) in [6.45, 7) is 8.75. The molecule has 0 unspecified atom stereocenters. The van der Waals surface area contributed by atoms with Crippen LogP contribution in [0.3, 0.4) is 0 Å². The van der Waals surface area contributed by atoms with E-state index in [1.165, 1.54) is 18.0 Å². The lowest BCUT2D eigenvalue weighted by Crippen LogP contribution is -2.82. The second-order valence-corrected chi connectivity index (χ2v) is 8.61. The fourth-order valence-electron chi connectivity index (χ4n) is 2.01. The van der Waals surface area contributed by atoms with E-state index < -0.39 is 10.1 Å². The van der Waals surface area contributed by atoms with E-state index in [2.05, 4.69) is 32.6 Å². The third-order valence-electron chi connectivity index (χ3n) is 3.08. The number of hydrogen-bond acceptors (Lipinski definition) is 4. The van der Waals surface area contributed by atoms with Crippen molar-refractivity contribution in [3.63, 3.8) is 0 Å². The molecular weight excluding hydrogens is 332 g/mol. The molecule has 0 amide bonds. The van der Waals surface area contributed by atoms with Crippen LogP contribution in [0.25, 0.3) is 0 Å². The fraction of sp³-hybridized carbons (Fsp3) is 0.375. The first-order chi connectivity index (χ1) is 10.6. The molecule has 0 atom stereocenters. The van der Waals surface area contributed by atoms with E-state index in [4.69, 9.17) is 10.3 Å². The van der Waals surface area contributed by atoms with E-state index in [1.807, 2.05) is 17.5 Å². The smallest absolute Gasteiger partial charge is 0.265 e. The molecule has 0 fully saturated rings. The van der Waals surface area contributed by atoms with Crippen molar-refractivity contribution in [2.45, 2.75) is 20.3 Å². The second-order valence-electron chi connectivity index (χ2n) is 5.87. The molecule has 0 aromatic rings. The summed E-state index contributed by atoms with van der Waals surface area (Å²) in [5.41, 5.74) is 6.33. The molecule has 5 nitrogen and oxygen atoms in total. The standard InChI is InChI=1S/C16H24N2O3S2/c1-13(7-9-17)22-15-12-16(2,3)8-4-6-14(15)18-10-5-11-23(19,20)21/h4,6-9,12,18H,1,5,10-11,17H2,2-3H3,(H,19,20,21)/p+1/b9-7+. The highest BCUT2D eigenvalue weighted by Gasteiger charge is 2.20. The Morgan fingerprint density at radius 1 is 1.52 bits per heavy atom. The Kier molecular flexibility index (Phi) is 7.34. The minimum absolute atomic E-state index is 0.0877. The summed E-state index contributed by atoms with van der Waals surface area (Å²) in [7, 11) is -3.90. The minimum atomic E-state index is -3.90. The summed E-state index contributed by atoms with van der Waals surface area (Å²) in [5.74, 6) is -0.229. The topological polar surface area (TPSA) is 97.0 Å². The van der Waals surface area contributed by atoms with Crippen LogP contribution < -0.4 is 11.1 Å². The summed E-state index contributed by atoms with van der Waals surface area (Å²) in [4.78, 5) is 1.88. The van der Waals surface area contributed by atoms with E-state index in [0.717, 1.165) is 15.5 Å². The van der Waals surface area contributed by atoms with Crippen molar-refractivity contribution in [3.05, 3.63) is 58.7 Å². The molecular formula is C16H25N2O3S2+. The number of allylic oxidation sites excluding steroid dienone is 5. The van der Waals surface area contributed by atoms with Gasteiger partial charge in [0.1, 0.15) is 5.70 Å². The zero-order valence-corrected chi connectivity index (χ0v) is 15.2. The number of rotatable bonds is 8. The SMILES string of the molecule is C=C(/C=C/N)SC1=CC(C)(C)C=CC=C1[NH2+]CCCS(=O)(=O)O. The molecule has 23 heavy (non-hydrogen) atoms. The molecule has 5 N–H and O–H groups in total. The fourth-order valence-corrected chi connectivity index (χ4v) is 3.61. The maximum atomic E-state index is 10.8. The molecule has 0 aromatic carbocycles. The third-order valence-corrected chi connectivity index (χ3v) is 4.86. The van der Waals surface area contributed by atoms with Crippen molar-refractivity contribution < 1.29 is 18.3 Å². The molecule has 0 radical (unpaired) electrons. The largest absolute Gasteiger partial charge is 0.405 e. The second kappa shape index (κ2) is 8.54. The van der Waals surface area contributed by atoms with Gasteiger partial charge in [-0.1, -0.05) is 50.4 Å². The maximum Gasteiger partial charge on any atom is 0.265 e. The van der Waals surface area contributed by atoms with Gasteiger partial charge in [-0.15, -0.1) is 0 Å².